The predicted octanol–water partition coefficient (Wildman–Crippen LogP) is 4.28. The molecule has 0 saturated heterocycles. The lowest BCUT2D eigenvalue weighted by Gasteiger charge is -2.19. The van der Waals surface area contributed by atoms with Crippen molar-refractivity contribution in [3.63, 3.8) is 0 Å². The Morgan fingerprint density at radius 1 is 1.15 bits per heavy atom. The molecule has 1 N–H and O–H groups in total. The van der Waals surface area contributed by atoms with Crippen molar-refractivity contribution in [1.29, 1.82) is 0 Å². The molecule has 0 aromatic heterocycles. The van der Waals surface area contributed by atoms with Crippen LogP contribution in [0.2, 0.25) is 5.02 Å². The Morgan fingerprint density at radius 2 is 1.95 bits per heavy atom. The third-order valence-electron chi connectivity index (χ3n) is 4.04. The van der Waals surface area contributed by atoms with Gasteiger partial charge < -0.3 is 5.32 Å². The monoisotopic (exact) mass is 289 g/mol. The fraction of sp³-hybridized carbons (Fsp3) is 0.294. The average molecular weight is 290 g/mol. The summed E-state index contributed by atoms with van der Waals surface area (Å²) >= 11 is 5.89. The maximum atomic E-state index is 14.2. The van der Waals surface area contributed by atoms with Crippen molar-refractivity contribution in [2.45, 2.75) is 25.3 Å². The van der Waals surface area contributed by atoms with Gasteiger partial charge in [-0.3, -0.25) is 0 Å². The molecule has 0 spiro atoms. The van der Waals surface area contributed by atoms with E-state index in [1.807, 2.05) is 7.05 Å². The average Bonchev–Trinajstić information content (AvgIpc) is 2.92. The van der Waals surface area contributed by atoms with Crippen molar-refractivity contribution in [2.75, 3.05) is 7.05 Å². The SMILES string of the molecule is CNC(c1ccc2c(c1)CCC2)c1cccc(Cl)c1F. The second kappa shape index (κ2) is 5.55. The molecule has 2 aromatic carbocycles. The van der Waals surface area contributed by atoms with E-state index in [2.05, 4.69) is 23.5 Å². The van der Waals surface area contributed by atoms with Crippen molar-refractivity contribution in [2.24, 2.45) is 0 Å². The van der Waals surface area contributed by atoms with E-state index >= 15 is 0 Å². The Kier molecular flexibility index (Phi) is 3.77. The number of hydrogen-bond acceptors (Lipinski definition) is 1. The molecule has 1 unspecified atom stereocenters. The van der Waals surface area contributed by atoms with Crippen LogP contribution >= 0.6 is 11.6 Å². The molecule has 0 fully saturated rings. The molecule has 0 bridgehead atoms. The molecule has 1 atom stereocenters. The molecule has 3 heteroatoms. The van der Waals surface area contributed by atoms with Crippen LogP contribution in [-0.2, 0) is 12.8 Å². The highest BCUT2D eigenvalue weighted by Gasteiger charge is 2.20. The van der Waals surface area contributed by atoms with Gasteiger partial charge in [-0.05, 0) is 49.1 Å². The molecule has 0 amide bonds. The zero-order valence-electron chi connectivity index (χ0n) is 11.4. The molecule has 0 saturated carbocycles. The summed E-state index contributed by atoms with van der Waals surface area (Å²) in [6, 6.07) is 11.4. The Labute approximate surface area is 123 Å². The van der Waals surface area contributed by atoms with Gasteiger partial charge in [0.1, 0.15) is 5.82 Å². The van der Waals surface area contributed by atoms with Crippen LogP contribution in [-0.4, -0.2) is 7.05 Å². The number of aryl methyl sites for hydroxylation is 2. The Morgan fingerprint density at radius 3 is 2.75 bits per heavy atom. The van der Waals surface area contributed by atoms with E-state index in [0.717, 1.165) is 18.4 Å². The van der Waals surface area contributed by atoms with Crippen LogP contribution in [0.1, 0.15) is 34.7 Å². The van der Waals surface area contributed by atoms with Crippen LogP contribution in [0, 0.1) is 5.82 Å². The van der Waals surface area contributed by atoms with Gasteiger partial charge >= 0.3 is 0 Å². The number of hydrogen-bond donors (Lipinski definition) is 1. The van der Waals surface area contributed by atoms with Crippen molar-refractivity contribution in [3.05, 3.63) is 69.5 Å². The van der Waals surface area contributed by atoms with Crippen LogP contribution < -0.4 is 5.32 Å². The number of benzene rings is 2. The molecule has 3 rings (SSSR count). The molecule has 2 aromatic rings. The van der Waals surface area contributed by atoms with Gasteiger partial charge in [0.2, 0.25) is 0 Å². The van der Waals surface area contributed by atoms with Crippen LogP contribution in [0.15, 0.2) is 36.4 Å². The van der Waals surface area contributed by atoms with Gasteiger partial charge in [0.25, 0.3) is 0 Å². The van der Waals surface area contributed by atoms with Crippen molar-refractivity contribution >= 4 is 11.6 Å². The summed E-state index contributed by atoms with van der Waals surface area (Å²) in [7, 11) is 1.85. The molecule has 1 aliphatic rings. The Bertz CT molecular complexity index is 639. The van der Waals surface area contributed by atoms with E-state index in [1.165, 1.54) is 17.5 Å². The van der Waals surface area contributed by atoms with Gasteiger partial charge in [0.15, 0.2) is 0 Å². The first-order valence-electron chi connectivity index (χ1n) is 6.93. The molecule has 104 valence electrons. The van der Waals surface area contributed by atoms with E-state index in [0.29, 0.717) is 5.56 Å². The van der Waals surface area contributed by atoms with Crippen LogP contribution in [0.25, 0.3) is 0 Å². The normalized spacial score (nSPS) is 15.2. The lowest BCUT2D eigenvalue weighted by molar-refractivity contribution is 0.576. The van der Waals surface area contributed by atoms with Crippen molar-refractivity contribution < 1.29 is 4.39 Å². The molecule has 0 heterocycles. The third kappa shape index (κ3) is 2.34. The third-order valence-corrected chi connectivity index (χ3v) is 4.33. The first kappa shape index (κ1) is 13.6. The van der Waals surface area contributed by atoms with E-state index in [-0.39, 0.29) is 16.9 Å². The topological polar surface area (TPSA) is 12.0 Å². The highest BCUT2D eigenvalue weighted by molar-refractivity contribution is 6.30. The molecule has 1 aliphatic carbocycles. The van der Waals surface area contributed by atoms with Crippen LogP contribution in [0.3, 0.4) is 0 Å². The molecule has 20 heavy (non-hydrogen) atoms. The summed E-state index contributed by atoms with van der Waals surface area (Å²) in [5.74, 6) is -0.339. The van der Waals surface area contributed by atoms with E-state index < -0.39 is 0 Å². The smallest absolute Gasteiger partial charge is 0.146 e. The summed E-state index contributed by atoms with van der Waals surface area (Å²) < 4.78 is 14.2. The molecular weight excluding hydrogens is 273 g/mol. The van der Waals surface area contributed by atoms with Gasteiger partial charge in [-0.25, -0.2) is 4.39 Å². The Balaban J connectivity index is 2.03. The number of rotatable bonds is 3. The van der Waals surface area contributed by atoms with Gasteiger partial charge in [0.05, 0.1) is 11.1 Å². The zero-order valence-corrected chi connectivity index (χ0v) is 12.2. The van der Waals surface area contributed by atoms with E-state index in [1.54, 1.807) is 18.2 Å². The van der Waals surface area contributed by atoms with Crippen molar-refractivity contribution in [1.82, 2.24) is 5.32 Å². The summed E-state index contributed by atoms with van der Waals surface area (Å²) in [6.07, 6.45) is 3.50. The molecule has 0 radical (unpaired) electrons. The fourth-order valence-electron chi connectivity index (χ4n) is 3.02. The lowest BCUT2D eigenvalue weighted by atomic mass is 9.95. The van der Waals surface area contributed by atoms with E-state index in [4.69, 9.17) is 11.6 Å². The van der Waals surface area contributed by atoms with Crippen LogP contribution in [0.5, 0.6) is 0 Å². The quantitative estimate of drug-likeness (QED) is 0.889. The number of halogens is 2. The van der Waals surface area contributed by atoms with Crippen LogP contribution in [0.4, 0.5) is 4.39 Å². The molecular formula is C17H17ClFN. The number of nitrogens with one attached hydrogen (secondary N) is 1. The maximum absolute atomic E-state index is 14.2. The fourth-order valence-corrected chi connectivity index (χ4v) is 3.20. The largest absolute Gasteiger partial charge is 0.309 e. The minimum Gasteiger partial charge on any atom is -0.309 e. The second-order valence-electron chi connectivity index (χ2n) is 5.25. The summed E-state index contributed by atoms with van der Waals surface area (Å²) in [4.78, 5) is 0. The first-order valence-corrected chi connectivity index (χ1v) is 7.31. The Hall–Kier alpha value is -1.38. The summed E-state index contributed by atoms with van der Waals surface area (Å²) in [6.45, 7) is 0. The standard InChI is InChI=1S/C17H17ClFN/c1-20-17(14-6-3-7-15(18)16(14)19)13-9-8-11-4-2-5-12(11)10-13/h3,6-10,17,20H,2,4-5H2,1H3. The van der Waals surface area contributed by atoms with Gasteiger partial charge in [-0.2, -0.15) is 0 Å². The van der Waals surface area contributed by atoms with Gasteiger partial charge in [-0.1, -0.05) is 41.9 Å². The molecule has 1 nitrogen and oxygen atoms in total. The van der Waals surface area contributed by atoms with Gasteiger partial charge in [0, 0.05) is 5.56 Å². The summed E-state index contributed by atoms with van der Waals surface area (Å²) in [5, 5.41) is 3.37. The van der Waals surface area contributed by atoms with Gasteiger partial charge in [-0.15, -0.1) is 0 Å². The van der Waals surface area contributed by atoms with E-state index in [9.17, 15) is 4.39 Å². The minimum absolute atomic E-state index is 0.167. The summed E-state index contributed by atoms with van der Waals surface area (Å²) in [5.41, 5.74) is 4.51. The first-order chi connectivity index (χ1) is 9.70. The highest BCUT2D eigenvalue weighted by atomic mass is 35.5. The minimum atomic E-state index is -0.339. The maximum Gasteiger partial charge on any atom is 0.146 e. The second-order valence-corrected chi connectivity index (χ2v) is 5.65. The zero-order chi connectivity index (χ0) is 14.1. The highest BCUT2D eigenvalue weighted by Crippen LogP contribution is 2.31. The number of fused-ring (bicyclic) bond motifs is 1. The lowest BCUT2D eigenvalue weighted by Crippen LogP contribution is -2.19. The predicted molar refractivity (Wildman–Crippen MR) is 80.8 cm³/mol. The van der Waals surface area contributed by atoms with Crippen molar-refractivity contribution in [3.8, 4) is 0 Å². The molecule has 0 aliphatic heterocycles.